The van der Waals surface area contributed by atoms with Crippen molar-refractivity contribution in [3.8, 4) is 17.6 Å². The topological polar surface area (TPSA) is 70.4 Å². The average molecular weight is 364 g/mol. The number of pyridine rings is 1. The maximum atomic E-state index is 9.58. The molecule has 1 saturated heterocycles. The van der Waals surface area contributed by atoms with E-state index >= 15 is 0 Å². The summed E-state index contributed by atoms with van der Waals surface area (Å²) in [6, 6.07) is 10.6. The number of nitriles is 1. The monoisotopic (exact) mass is 364 g/mol. The Bertz CT molecular complexity index is 890. The second-order valence-corrected chi connectivity index (χ2v) is 7.18. The van der Waals surface area contributed by atoms with Crippen molar-refractivity contribution in [2.45, 2.75) is 32.7 Å². The van der Waals surface area contributed by atoms with Gasteiger partial charge in [0.05, 0.1) is 5.56 Å². The van der Waals surface area contributed by atoms with E-state index in [0.29, 0.717) is 18.8 Å². The molecule has 1 aromatic carbocycles. The van der Waals surface area contributed by atoms with Crippen LogP contribution in [0.15, 0.2) is 24.3 Å². The molecule has 1 aromatic heterocycles. The fourth-order valence-electron chi connectivity index (χ4n) is 3.84. The first-order chi connectivity index (χ1) is 13.1. The van der Waals surface area contributed by atoms with E-state index in [2.05, 4.69) is 21.3 Å². The van der Waals surface area contributed by atoms with Crippen molar-refractivity contribution >= 4 is 11.5 Å². The predicted octanol–water partition coefficient (Wildman–Crippen LogP) is 3.42. The lowest BCUT2D eigenvalue weighted by atomic mass is 10.0. The number of aromatic nitrogens is 1. The zero-order valence-electron chi connectivity index (χ0n) is 15.8. The third-order valence-corrected chi connectivity index (χ3v) is 5.07. The summed E-state index contributed by atoms with van der Waals surface area (Å²) in [4.78, 5) is 6.90. The van der Waals surface area contributed by atoms with E-state index in [0.717, 1.165) is 60.2 Å². The van der Waals surface area contributed by atoms with E-state index in [1.807, 2.05) is 38.1 Å². The van der Waals surface area contributed by atoms with Crippen molar-refractivity contribution in [1.82, 2.24) is 4.98 Å². The SMILES string of the molecule is Cc1cc(C)c(C#N)c(N2CCC[C@@H](Nc3ccc4c(c3)OCCO4)C2)n1. The molecule has 2 aromatic rings. The van der Waals surface area contributed by atoms with Crippen LogP contribution in [-0.4, -0.2) is 37.3 Å². The number of anilines is 2. The molecular weight excluding hydrogens is 340 g/mol. The molecule has 0 spiro atoms. The molecule has 140 valence electrons. The standard InChI is InChI=1S/C21H24N4O2/c1-14-10-15(2)23-21(18(14)12-22)25-7-3-4-17(13-25)24-16-5-6-19-20(11-16)27-9-8-26-19/h5-6,10-11,17,24H,3-4,7-9,13H2,1-2H3/t17-/m1/s1. The quantitative estimate of drug-likeness (QED) is 0.900. The number of hydrogen-bond donors (Lipinski definition) is 1. The third kappa shape index (κ3) is 3.63. The lowest BCUT2D eigenvalue weighted by molar-refractivity contribution is 0.171. The number of fused-ring (bicyclic) bond motifs is 1. The van der Waals surface area contributed by atoms with Crippen LogP contribution in [-0.2, 0) is 0 Å². The van der Waals surface area contributed by atoms with Gasteiger partial charge in [0.15, 0.2) is 11.5 Å². The summed E-state index contributed by atoms with van der Waals surface area (Å²) in [5.74, 6) is 2.40. The van der Waals surface area contributed by atoms with Crippen molar-refractivity contribution in [3.63, 3.8) is 0 Å². The molecule has 6 heteroatoms. The summed E-state index contributed by atoms with van der Waals surface area (Å²) in [5, 5.41) is 13.2. The van der Waals surface area contributed by atoms with Gasteiger partial charge in [-0.3, -0.25) is 0 Å². The van der Waals surface area contributed by atoms with Gasteiger partial charge in [0, 0.05) is 36.6 Å². The van der Waals surface area contributed by atoms with E-state index in [1.165, 1.54) is 0 Å². The number of benzene rings is 1. The summed E-state index contributed by atoms with van der Waals surface area (Å²) in [7, 11) is 0. The van der Waals surface area contributed by atoms with Crippen LogP contribution in [0.4, 0.5) is 11.5 Å². The van der Waals surface area contributed by atoms with E-state index in [1.54, 1.807) is 0 Å². The van der Waals surface area contributed by atoms with Crippen molar-refractivity contribution in [2.24, 2.45) is 0 Å². The molecule has 0 saturated carbocycles. The molecule has 4 rings (SSSR count). The first-order valence-electron chi connectivity index (χ1n) is 9.43. The zero-order chi connectivity index (χ0) is 18.8. The van der Waals surface area contributed by atoms with Gasteiger partial charge in [-0.15, -0.1) is 0 Å². The second-order valence-electron chi connectivity index (χ2n) is 7.18. The number of aryl methyl sites for hydroxylation is 2. The average Bonchev–Trinajstić information content (AvgIpc) is 2.67. The number of ether oxygens (including phenoxy) is 2. The highest BCUT2D eigenvalue weighted by molar-refractivity contribution is 5.59. The van der Waals surface area contributed by atoms with Gasteiger partial charge in [-0.1, -0.05) is 0 Å². The highest BCUT2D eigenvalue weighted by Crippen LogP contribution is 2.33. The van der Waals surface area contributed by atoms with Gasteiger partial charge in [0.1, 0.15) is 25.1 Å². The lowest BCUT2D eigenvalue weighted by Crippen LogP contribution is -2.43. The minimum absolute atomic E-state index is 0.287. The maximum Gasteiger partial charge on any atom is 0.163 e. The number of nitrogens with one attached hydrogen (secondary N) is 1. The first-order valence-corrected chi connectivity index (χ1v) is 9.43. The van der Waals surface area contributed by atoms with Crippen molar-refractivity contribution < 1.29 is 9.47 Å². The summed E-state index contributed by atoms with van der Waals surface area (Å²) in [6.45, 7) is 6.88. The fraction of sp³-hybridized carbons (Fsp3) is 0.429. The maximum absolute atomic E-state index is 9.58. The van der Waals surface area contributed by atoms with Crippen molar-refractivity contribution in [3.05, 3.63) is 41.1 Å². The normalized spacial score (nSPS) is 18.7. The zero-order valence-corrected chi connectivity index (χ0v) is 15.8. The molecule has 1 N–H and O–H groups in total. The van der Waals surface area contributed by atoms with Gasteiger partial charge in [-0.05, 0) is 50.5 Å². The number of nitrogens with zero attached hydrogens (tertiary/aromatic N) is 3. The molecule has 27 heavy (non-hydrogen) atoms. The molecular formula is C21H24N4O2. The lowest BCUT2D eigenvalue weighted by Gasteiger charge is -2.35. The molecule has 0 radical (unpaired) electrons. The molecule has 1 fully saturated rings. The van der Waals surface area contributed by atoms with E-state index < -0.39 is 0 Å². The Morgan fingerprint density at radius 3 is 2.81 bits per heavy atom. The second kappa shape index (κ2) is 7.36. The summed E-state index contributed by atoms with van der Waals surface area (Å²) < 4.78 is 11.3. The first kappa shape index (κ1) is 17.5. The van der Waals surface area contributed by atoms with Gasteiger partial charge < -0.3 is 19.7 Å². The van der Waals surface area contributed by atoms with Crippen molar-refractivity contribution in [2.75, 3.05) is 36.5 Å². The van der Waals surface area contributed by atoms with Gasteiger partial charge >= 0.3 is 0 Å². The highest BCUT2D eigenvalue weighted by Gasteiger charge is 2.24. The van der Waals surface area contributed by atoms with E-state index in [4.69, 9.17) is 9.47 Å². The largest absolute Gasteiger partial charge is 0.486 e. The van der Waals surface area contributed by atoms with Crippen LogP contribution < -0.4 is 19.7 Å². The van der Waals surface area contributed by atoms with Gasteiger partial charge in [-0.25, -0.2) is 4.98 Å². The minimum atomic E-state index is 0.287. The van der Waals surface area contributed by atoms with Crippen molar-refractivity contribution in [1.29, 1.82) is 5.26 Å². The summed E-state index contributed by atoms with van der Waals surface area (Å²) in [6.07, 6.45) is 2.14. The summed E-state index contributed by atoms with van der Waals surface area (Å²) in [5.41, 5.74) is 3.64. The minimum Gasteiger partial charge on any atom is -0.486 e. The molecule has 2 aliphatic heterocycles. The molecule has 3 heterocycles. The van der Waals surface area contributed by atoms with Crippen LogP contribution in [0.2, 0.25) is 0 Å². The van der Waals surface area contributed by atoms with E-state index in [9.17, 15) is 5.26 Å². The van der Waals surface area contributed by atoms with Gasteiger partial charge in [-0.2, -0.15) is 5.26 Å². The Morgan fingerprint density at radius 1 is 1.19 bits per heavy atom. The molecule has 2 aliphatic rings. The van der Waals surface area contributed by atoms with Crippen LogP contribution in [0.5, 0.6) is 11.5 Å². The number of hydrogen-bond acceptors (Lipinski definition) is 6. The van der Waals surface area contributed by atoms with E-state index in [-0.39, 0.29) is 6.04 Å². The molecule has 6 nitrogen and oxygen atoms in total. The Hall–Kier alpha value is -2.94. The van der Waals surface area contributed by atoms with Gasteiger partial charge in [0.25, 0.3) is 0 Å². The smallest absolute Gasteiger partial charge is 0.163 e. The Morgan fingerprint density at radius 2 is 2.00 bits per heavy atom. The summed E-state index contributed by atoms with van der Waals surface area (Å²) >= 11 is 0. The molecule has 0 bridgehead atoms. The van der Waals surface area contributed by atoms with Crippen LogP contribution in [0.3, 0.4) is 0 Å². The van der Waals surface area contributed by atoms with Gasteiger partial charge in [0.2, 0.25) is 0 Å². The van der Waals surface area contributed by atoms with Crippen LogP contribution in [0.1, 0.15) is 29.7 Å². The Balaban J connectivity index is 1.52. The predicted molar refractivity (Wildman–Crippen MR) is 105 cm³/mol. The molecule has 1 atom stereocenters. The molecule has 0 amide bonds. The van der Waals surface area contributed by atoms with Crippen LogP contribution in [0.25, 0.3) is 0 Å². The molecule has 0 unspecified atom stereocenters. The van der Waals surface area contributed by atoms with Crippen LogP contribution >= 0.6 is 0 Å². The fourth-order valence-corrected chi connectivity index (χ4v) is 3.84. The van der Waals surface area contributed by atoms with Crippen LogP contribution in [0, 0.1) is 25.2 Å². The third-order valence-electron chi connectivity index (χ3n) is 5.07. The highest BCUT2D eigenvalue weighted by atomic mass is 16.6. The number of rotatable bonds is 3. The molecule has 0 aliphatic carbocycles. The Labute approximate surface area is 159 Å². The Kier molecular flexibility index (Phi) is 4.76. The number of piperidine rings is 1.